The first-order valence-electron chi connectivity index (χ1n) is 9.44. The van der Waals surface area contributed by atoms with Crippen molar-refractivity contribution in [1.82, 2.24) is 10.2 Å². The summed E-state index contributed by atoms with van der Waals surface area (Å²) in [4.78, 5) is 15.2. The first-order valence-corrected chi connectivity index (χ1v) is 9.44. The molecule has 0 bridgehead atoms. The average molecular weight is 387 g/mol. The first kappa shape index (κ1) is 19.7. The van der Waals surface area contributed by atoms with E-state index in [9.17, 15) is 4.79 Å². The quantitative estimate of drug-likeness (QED) is 0.855. The number of ether oxygens (including phenoxy) is 1. The topological polar surface area (TPSA) is 41.6 Å². The zero-order valence-corrected chi connectivity index (χ0v) is 16.5. The molecule has 2 heterocycles. The van der Waals surface area contributed by atoms with Crippen LogP contribution in [0.25, 0.3) is 0 Å². The second-order valence-electron chi connectivity index (χ2n) is 7.33. The van der Waals surface area contributed by atoms with Crippen molar-refractivity contribution >= 4 is 18.3 Å². The summed E-state index contributed by atoms with van der Waals surface area (Å²) >= 11 is 0. The van der Waals surface area contributed by atoms with E-state index in [4.69, 9.17) is 4.74 Å². The second kappa shape index (κ2) is 8.77. The van der Waals surface area contributed by atoms with Gasteiger partial charge in [0.2, 0.25) is 5.91 Å². The van der Waals surface area contributed by atoms with Gasteiger partial charge in [-0.1, -0.05) is 42.5 Å². The highest BCUT2D eigenvalue weighted by molar-refractivity contribution is 5.85. The molecule has 4 nitrogen and oxygen atoms in total. The maximum atomic E-state index is 13.0. The van der Waals surface area contributed by atoms with Gasteiger partial charge in [0, 0.05) is 32.0 Å². The van der Waals surface area contributed by atoms with Gasteiger partial charge in [-0.25, -0.2) is 0 Å². The lowest BCUT2D eigenvalue weighted by molar-refractivity contribution is -0.132. The van der Waals surface area contributed by atoms with Crippen molar-refractivity contribution in [3.8, 4) is 5.75 Å². The van der Waals surface area contributed by atoms with E-state index in [1.807, 2.05) is 30.3 Å². The lowest BCUT2D eigenvalue weighted by Crippen LogP contribution is -2.34. The van der Waals surface area contributed by atoms with Crippen molar-refractivity contribution in [2.45, 2.75) is 18.9 Å². The van der Waals surface area contributed by atoms with Crippen molar-refractivity contribution in [2.75, 3.05) is 26.7 Å². The number of nitrogens with one attached hydrogen (secondary N) is 1. The van der Waals surface area contributed by atoms with Crippen LogP contribution in [0.2, 0.25) is 0 Å². The third-order valence-electron chi connectivity index (χ3n) is 5.81. The molecule has 4 rings (SSSR count). The summed E-state index contributed by atoms with van der Waals surface area (Å²) in [7, 11) is 1.67. The van der Waals surface area contributed by atoms with Crippen LogP contribution in [-0.4, -0.2) is 37.6 Å². The molecule has 1 amide bonds. The zero-order chi connectivity index (χ0) is 17.9. The van der Waals surface area contributed by atoms with E-state index in [2.05, 4.69) is 34.5 Å². The Hall–Kier alpha value is -2.04. The van der Waals surface area contributed by atoms with Crippen LogP contribution < -0.4 is 10.1 Å². The van der Waals surface area contributed by atoms with Gasteiger partial charge in [0.15, 0.2) is 0 Å². The molecular weight excluding hydrogens is 360 g/mol. The second-order valence-corrected chi connectivity index (χ2v) is 7.33. The Kier molecular flexibility index (Phi) is 6.40. The molecule has 0 spiro atoms. The smallest absolute Gasteiger partial charge is 0.223 e. The predicted molar refractivity (Wildman–Crippen MR) is 109 cm³/mol. The molecule has 27 heavy (non-hydrogen) atoms. The van der Waals surface area contributed by atoms with E-state index < -0.39 is 0 Å². The van der Waals surface area contributed by atoms with E-state index in [0.717, 1.165) is 31.8 Å². The Bertz CT molecular complexity index is 751. The molecule has 5 heteroatoms. The molecule has 2 fully saturated rings. The fourth-order valence-electron chi connectivity index (χ4n) is 4.44. The average Bonchev–Trinajstić information content (AvgIpc) is 3.28. The molecule has 2 saturated heterocycles. The molecule has 3 atom stereocenters. The number of nitrogens with zero attached hydrogens (tertiary/aromatic N) is 1. The van der Waals surface area contributed by atoms with Gasteiger partial charge in [-0.15, -0.1) is 12.4 Å². The minimum absolute atomic E-state index is 0. The number of carbonyl (C=O) groups is 1. The maximum absolute atomic E-state index is 13.0. The Labute approximate surface area is 167 Å². The Morgan fingerprint density at radius 1 is 1.11 bits per heavy atom. The number of hydrogen-bond acceptors (Lipinski definition) is 3. The summed E-state index contributed by atoms with van der Waals surface area (Å²) < 4.78 is 5.20. The van der Waals surface area contributed by atoms with Crippen LogP contribution in [0, 0.1) is 11.8 Å². The number of methoxy groups -OCH3 is 1. The number of likely N-dealkylation sites (tertiary alicyclic amines) is 1. The van der Waals surface area contributed by atoms with Gasteiger partial charge >= 0.3 is 0 Å². The molecular formula is C22H27ClN2O2. The molecule has 0 aromatic heterocycles. The Balaban J connectivity index is 0.00000210. The Morgan fingerprint density at radius 3 is 2.56 bits per heavy atom. The van der Waals surface area contributed by atoms with Gasteiger partial charge in [0.1, 0.15) is 5.75 Å². The van der Waals surface area contributed by atoms with Crippen molar-refractivity contribution < 1.29 is 9.53 Å². The van der Waals surface area contributed by atoms with E-state index in [1.54, 1.807) is 7.11 Å². The number of aryl methyl sites for hydroxylation is 1. The fraction of sp³-hybridized carbons (Fsp3) is 0.409. The molecule has 0 radical (unpaired) electrons. The lowest BCUT2D eigenvalue weighted by Gasteiger charge is -2.28. The number of benzene rings is 2. The number of amides is 1. The van der Waals surface area contributed by atoms with Crippen molar-refractivity contribution in [1.29, 1.82) is 0 Å². The highest BCUT2D eigenvalue weighted by atomic mass is 35.5. The van der Waals surface area contributed by atoms with Crippen LogP contribution in [0.15, 0.2) is 54.6 Å². The van der Waals surface area contributed by atoms with Crippen molar-refractivity contribution in [2.24, 2.45) is 11.8 Å². The standard InChI is InChI=1S/C22H26N2O2.ClH/c1-26-19-10-7-16(8-11-19)9-12-21(25)24-15-18-13-23-14-20(18)22(24)17-5-3-2-4-6-17;/h2-8,10-11,18,20,22-23H,9,12-15H2,1H3;1H/t18-,20-,22-;/m0./s1. The minimum Gasteiger partial charge on any atom is -0.497 e. The summed E-state index contributed by atoms with van der Waals surface area (Å²) in [6.45, 7) is 2.90. The molecule has 0 saturated carbocycles. The van der Waals surface area contributed by atoms with Gasteiger partial charge in [-0.3, -0.25) is 4.79 Å². The molecule has 2 aromatic rings. The monoisotopic (exact) mass is 386 g/mol. The van der Waals surface area contributed by atoms with Gasteiger partial charge in [-0.05, 0) is 35.6 Å². The van der Waals surface area contributed by atoms with Crippen LogP contribution >= 0.6 is 12.4 Å². The van der Waals surface area contributed by atoms with Crippen LogP contribution in [0.4, 0.5) is 0 Å². The third kappa shape index (κ3) is 4.12. The van der Waals surface area contributed by atoms with E-state index in [-0.39, 0.29) is 24.4 Å². The van der Waals surface area contributed by atoms with Crippen LogP contribution in [-0.2, 0) is 11.2 Å². The zero-order valence-electron chi connectivity index (χ0n) is 15.6. The first-order chi connectivity index (χ1) is 12.8. The summed E-state index contributed by atoms with van der Waals surface area (Å²) in [5, 5.41) is 3.50. The molecule has 2 aliphatic rings. The number of rotatable bonds is 5. The number of fused-ring (bicyclic) bond motifs is 1. The van der Waals surface area contributed by atoms with Gasteiger partial charge < -0.3 is 15.0 Å². The van der Waals surface area contributed by atoms with E-state index in [0.29, 0.717) is 18.3 Å². The number of carbonyl (C=O) groups excluding carboxylic acids is 1. The molecule has 2 aromatic carbocycles. The normalized spacial score (nSPS) is 23.6. The van der Waals surface area contributed by atoms with Crippen LogP contribution in [0.1, 0.15) is 23.6 Å². The summed E-state index contributed by atoms with van der Waals surface area (Å²) in [6.07, 6.45) is 1.33. The largest absolute Gasteiger partial charge is 0.497 e. The van der Waals surface area contributed by atoms with E-state index >= 15 is 0 Å². The molecule has 144 valence electrons. The maximum Gasteiger partial charge on any atom is 0.223 e. The molecule has 1 N–H and O–H groups in total. The predicted octanol–water partition coefficient (Wildman–Crippen LogP) is 3.47. The SMILES string of the molecule is COc1ccc(CCC(=O)N2C[C@@H]3CNC[C@@H]3[C@@H]2c2ccccc2)cc1.Cl. The summed E-state index contributed by atoms with van der Waals surface area (Å²) in [5.74, 6) is 2.22. The molecule has 0 unspecified atom stereocenters. The lowest BCUT2D eigenvalue weighted by atomic mass is 9.89. The van der Waals surface area contributed by atoms with Crippen molar-refractivity contribution in [3.63, 3.8) is 0 Å². The van der Waals surface area contributed by atoms with E-state index in [1.165, 1.54) is 11.1 Å². The van der Waals surface area contributed by atoms with Gasteiger partial charge in [-0.2, -0.15) is 0 Å². The van der Waals surface area contributed by atoms with Crippen LogP contribution in [0.5, 0.6) is 5.75 Å². The highest BCUT2D eigenvalue weighted by Crippen LogP contribution is 2.42. The number of halogens is 1. The summed E-state index contributed by atoms with van der Waals surface area (Å²) in [6, 6.07) is 18.7. The molecule has 2 aliphatic heterocycles. The third-order valence-corrected chi connectivity index (χ3v) is 5.81. The fourth-order valence-corrected chi connectivity index (χ4v) is 4.44. The number of hydrogen-bond donors (Lipinski definition) is 1. The van der Waals surface area contributed by atoms with Gasteiger partial charge in [0.05, 0.1) is 13.2 Å². The Morgan fingerprint density at radius 2 is 1.85 bits per heavy atom. The summed E-state index contributed by atoms with van der Waals surface area (Å²) in [5.41, 5.74) is 2.44. The molecule has 0 aliphatic carbocycles. The van der Waals surface area contributed by atoms with Crippen LogP contribution in [0.3, 0.4) is 0 Å². The van der Waals surface area contributed by atoms with Crippen molar-refractivity contribution in [3.05, 3.63) is 65.7 Å². The highest BCUT2D eigenvalue weighted by Gasteiger charge is 2.46. The van der Waals surface area contributed by atoms with Gasteiger partial charge in [0.25, 0.3) is 0 Å². The minimum atomic E-state index is 0.